The highest BCUT2D eigenvalue weighted by Crippen LogP contribution is 2.33. The van der Waals surface area contributed by atoms with Crippen LogP contribution in [-0.2, 0) is 16.6 Å². The number of aryl methyl sites for hydroxylation is 1. The van der Waals surface area contributed by atoms with Gasteiger partial charge in [-0.3, -0.25) is 14.9 Å². The monoisotopic (exact) mass is 340 g/mol. The number of carbonyl (C=O) groups excluding carboxylic acids is 2. The molecule has 25 heavy (non-hydrogen) atoms. The second-order valence-corrected chi connectivity index (χ2v) is 7.10. The first-order chi connectivity index (χ1) is 12.1. The van der Waals surface area contributed by atoms with Crippen molar-refractivity contribution in [3.05, 3.63) is 30.0 Å². The van der Waals surface area contributed by atoms with Gasteiger partial charge in [0.2, 0.25) is 11.8 Å². The highest BCUT2D eigenvalue weighted by Gasteiger charge is 2.30. The van der Waals surface area contributed by atoms with Gasteiger partial charge in [0.25, 0.3) is 0 Å². The van der Waals surface area contributed by atoms with Crippen LogP contribution in [-0.4, -0.2) is 35.5 Å². The molecule has 1 aromatic heterocycles. The van der Waals surface area contributed by atoms with E-state index in [2.05, 4.69) is 38.7 Å². The minimum atomic E-state index is -0.246. The third kappa shape index (κ3) is 3.14. The summed E-state index contributed by atoms with van der Waals surface area (Å²) >= 11 is 0. The second-order valence-electron chi connectivity index (χ2n) is 7.10. The Kier molecular flexibility index (Phi) is 4.21. The van der Waals surface area contributed by atoms with Crippen molar-refractivity contribution >= 4 is 28.4 Å². The normalized spacial score (nSPS) is 22.2. The van der Waals surface area contributed by atoms with Crippen molar-refractivity contribution in [3.8, 4) is 0 Å². The molecule has 2 amide bonds. The standard InChI is InChI=1S/C19H24N4O2/c1-23-11-16(15-4-5-18(24)22-19(15)25)14-3-2-13(10-17(14)23)21-12-6-8-20-9-7-12/h2-3,10-12,15,20-21H,4-9H2,1H3,(H,22,24,25). The molecule has 1 unspecified atom stereocenters. The van der Waals surface area contributed by atoms with Crippen molar-refractivity contribution in [1.82, 2.24) is 15.2 Å². The smallest absolute Gasteiger partial charge is 0.234 e. The van der Waals surface area contributed by atoms with Gasteiger partial charge in [-0.1, -0.05) is 6.07 Å². The molecule has 132 valence electrons. The van der Waals surface area contributed by atoms with Crippen molar-refractivity contribution in [3.63, 3.8) is 0 Å². The molecule has 2 fully saturated rings. The summed E-state index contributed by atoms with van der Waals surface area (Å²) in [6, 6.07) is 6.86. The fourth-order valence-electron chi connectivity index (χ4n) is 3.97. The van der Waals surface area contributed by atoms with Crippen LogP contribution >= 0.6 is 0 Å². The summed E-state index contributed by atoms with van der Waals surface area (Å²) < 4.78 is 2.07. The van der Waals surface area contributed by atoms with Crippen LogP contribution in [0.2, 0.25) is 0 Å². The van der Waals surface area contributed by atoms with Gasteiger partial charge in [-0.15, -0.1) is 0 Å². The van der Waals surface area contributed by atoms with Gasteiger partial charge in [0.15, 0.2) is 0 Å². The number of nitrogens with zero attached hydrogens (tertiary/aromatic N) is 1. The van der Waals surface area contributed by atoms with Crippen LogP contribution in [0, 0.1) is 0 Å². The second kappa shape index (κ2) is 6.52. The van der Waals surface area contributed by atoms with Gasteiger partial charge >= 0.3 is 0 Å². The average Bonchev–Trinajstić information content (AvgIpc) is 2.92. The Hall–Kier alpha value is -2.34. The number of nitrogens with one attached hydrogen (secondary N) is 3. The third-order valence-electron chi connectivity index (χ3n) is 5.35. The number of anilines is 1. The molecule has 1 atom stereocenters. The molecule has 4 rings (SSSR count). The highest BCUT2D eigenvalue weighted by atomic mass is 16.2. The van der Waals surface area contributed by atoms with E-state index in [1.165, 1.54) is 0 Å². The Labute approximate surface area is 147 Å². The number of aromatic nitrogens is 1. The number of fused-ring (bicyclic) bond motifs is 1. The maximum absolute atomic E-state index is 12.2. The van der Waals surface area contributed by atoms with Gasteiger partial charge in [0.05, 0.1) is 11.4 Å². The molecule has 0 aliphatic carbocycles. The zero-order chi connectivity index (χ0) is 17.4. The van der Waals surface area contributed by atoms with Crippen molar-refractivity contribution in [2.75, 3.05) is 18.4 Å². The Morgan fingerprint density at radius 1 is 1.16 bits per heavy atom. The van der Waals surface area contributed by atoms with E-state index in [-0.39, 0.29) is 17.7 Å². The number of carbonyl (C=O) groups is 2. The minimum absolute atomic E-state index is 0.171. The van der Waals surface area contributed by atoms with E-state index in [4.69, 9.17) is 0 Å². The predicted molar refractivity (Wildman–Crippen MR) is 97.6 cm³/mol. The van der Waals surface area contributed by atoms with Gasteiger partial charge in [-0.2, -0.15) is 0 Å². The van der Waals surface area contributed by atoms with Crippen LogP contribution in [0.4, 0.5) is 5.69 Å². The fraction of sp³-hybridized carbons (Fsp3) is 0.474. The van der Waals surface area contributed by atoms with Crippen LogP contribution < -0.4 is 16.0 Å². The number of rotatable bonds is 3. The molecule has 3 heterocycles. The number of benzene rings is 1. The van der Waals surface area contributed by atoms with E-state index in [1.54, 1.807) is 0 Å². The maximum atomic E-state index is 12.2. The van der Waals surface area contributed by atoms with Gasteiger partial charge in [-0.05, 0) is 50.0 Å². The topological polar surface area (TPSA) is 75.2 Å². The molecule has 0 radical (unpaired) electrons. The van der Waals surface area contributed by atoms with E-state index in [0.29, 0.717) is 18.9 Å². The first-order valence-electron chi connectivity index (χ1n) is 9.02. The Balaban J connectivity index is 1.62. The molecular formula is C19H24N4O2. The summed E-state index contributed by atoms with van der Waals surface area (Å²) in [5.74, 6) is -0.597. The van der Waals surface area contributed by atoms with E-state index in [1.807, 2.05) is 13.2 Å². The lowest BCUT2D eigenvalue weighted by Crippen LogP contribution is -2.39. The Morgan fingerprint density at radius 2 is 1.96 bits per heavy atom. The first-order valence-corrected chi connectivity index (χ1v) is 9.02. The lowest BCUT2D eigenvalue weighted by Gasteiger charge is -2.24. The molecule has 2 aromatic rings. The summed E-state index contributed by atoms with van der Waals surface area (Å²) in [6.07, 6.45) is 5.28. The minimum Gasteiger partial charge on any atom is -0.382 e. The molecule has 1 aromatic carbocycles. The number of hydrogen-bond acceptors (Lipinski definition) is 4. The zero-order valence-corrected chi connectivity index (χ0v) is 14.5. The number of piperidine rings is 2. The number of hydrogen-bond donors (Lipinski definition) is 3. The lowest BCUT2D eigenvalue weighted by atomic mass is 9.90. The zero-order valence-electron chi connectivity index (χ0n) is 14.5. The molecule has 6 heteroatoms. The lowest BCUT2D eigenvalue weighted by molar-refractivity contribution is -0.134. The van der Waals surface area contributed by atoms with E-state index >= 15 is 0 Å². The van der Waals surface area contributed by atoms with E-state index < -0.39 is 0 Å². The van der Waals surface area contributed by atoms with Crippen LogP contribution in [0.3, 0.4) is 0 Å². The van der Waals surface area contributed by atoms with Crippen LogP contribution in [0.5, 0.6) is 0 Å². The summed E-state index contributed by atoms with van der Waals surface area (Å²) in [5.41, 5.74) is 3.24. The average molecular weight is 340 g/mol. The van der Waals surface area contributed by atoms with Gasteiger partial charge in [0, 0.05) is 36.8 Å². The summed E-state index contributed by atoms with van der Waals surface area (Å²) in [4.78, 5) is 23.6. The molecule has 2 aliphatic rings. The molecule has 2 aliphatic heterocycles. The summed E-state index contributed by atoms with van der Waals surface area (Å²) in [6.45, 7) is 2.12. The van der Waals surface area contributed by atoms with Crippen molar-refractivity contribution in [2.45, 2.75) is 37.6 Å². The molecule has 0 bridgehead atoms. The van der Waals surface area contributed by atoms with Crippen LogP contribution in [0.15, 0.2) is 24.4 Å². The molecular weight excluding hydrogens is 316 g/mol. The maximum Gasteiger partial charge on any atom is 0.234 e. The quantitative estimate of drug-likeness (QED) is 0.746. The predicted octanol–water partition coefficient (Wildman–Crippen LogP) is 1.86. The molecule has 6 nitrogen and oxygen atoms in total. The van der Waals surface area contributed by atoms with Crippen LogP contribution in [0.25, 0.3) is 10.9 Å². The molecule has 3 N–H and O–H groups in total. The van der Waals surface area contributed by atoms with Gasteiger partial charge < -0.3 is 15.2 Å². The Bertz CT molecular complexity index is 820. The SMILES string of the molecule is Cn1cc(C2CCC(=O)NC2=O)c2ccc(NC3CCNCC3)cc21. The van der Waals surface area contributed by atoms with Crippen molar-refractivity contribution < 1.29 is 9.59 Å². The first kappa shape index (κ1) is 16.1. The van der Waals surface area contributed by atoms with Gasteiger partial charge in [-0.25, -0.2) is 0 Å². The fourth-order valence-corrected chi connectivity index (χ4v) is 3.97. The molecule has 2 saturated heterocycles. The van der Waals surface area contributed by atoms with E-state index in [0.717, 1.165) is 48.1 Å². The highest BCUT2D eigenvalue weighted by molar-refractivity contribution is 6.03. The largest absolute Gasteiger partial charge is 0.382 e. The molecule has 0 spiro atoms. The van der Waals surface area contributed by atoms with Gasteiger partial charge in [0.1, 0.15) is 0 Å². The van der Waals surface area contributed by atoms with Crippen molar-refractivity contribution in [2.24, 2.45) is 7.05 Å². The summed E-state index contributed by atoms with van der Waals surface area (Å²) in [7, 11) is 2.01. The third-order valence-corrected chi connectivity index (χ3v) is 5.35. The summed E-state index contributed by atoms with van der Waals surface area (Å²) in [5, 5.41) is 10.6. The van der Waals surface area contributed by atoms with E-state index in [9.17, 15) is 9.59 Å². The van der Waals surface area contributed by atoms with Crippen LogP contribution in [0.1, 0.15) is 37.2 Å². The Morgan fingerprint density at radius 3 is 2.72 bits per heavy atom. The van der Waals surface area contributed by atoms with Crippen molar-refractivity contribution in [1.29, 1.82) is 0 Å². The number of amides is 2. The number of imide groups is 1. The molecule has 0 saturated carbocycles.